The molecule has 0 spiro atoms. The van der Waals surface area contributed by atoms with Gasteiger partial charge >= 0.3 is 0 Å². The lowest BCUT2D eigenvalue weighted by atomic mass is 9.98. The van der Waals surface area contributed by atoms with Crippen LogP contribution in [0.25, 0.3) is 65.0 Å². The van der Waals surface area contributed by atoms with Crippen molar-refractivity contribution in [2.24, 2.45) is 0 Å². The van der Waals surface area contributed by atoms with Gasteiger partial charge in [0.25, 0.3) is 0 Å². The van der Waals surface area contributed by atoms with Crippen LogP contribution in [0.4, 0.5) is 17.1 Å². The number of rotatable bonds is 3. The van der Waals surface area contributed by atoms with Crippen LogP contribution in [0, 0.1) is 0 Å². The molecule has 42 heavy (non-hydrogen) atoms. The quantitative estimate of drug-likeness (QED) is 0.209. The first-order valence-corrected chi connectivity index (χ1v) is 14.3. The predicted molar refractivity (Wildman–Crippen MR) is 178 cm³/mol. The fourth-order valence-corrected chi connectivity index (χ4v) is 6.56. The zero-order chi connectivity index (χ0) is 27.6. The smallest absolute Gasteiger partial charge is 0.136 e. The lowest BCUT2D eigenvalue weighted by Gasteiger charge is -2.26. The molecule has 8 aromatic carbocycles. The van der Waals surface area contributed by atoms with Crippen LogP contribution in [0.15, 0.2) is 156 Å². The maximum absolute atomic E-state index is 6.29. The lowest BCUT2D eigenvalue weighted by molar-refractivity contribution is 0.669. The van der Waals surface area contributed by atoms with Crippen molar-refractivity contribution >= 4 is 82.1 Å². The Labute approximate surface area is 242 Å². The van der Waals surface area contributed by atoms with Gasteiger partial charge < -0.3 is 9.32 Å². The van der Waals surface area contributed by atoms with Gasteiger partial charge in [0, 0.05) is 27.8 Å². The van der Waals surface area contributed by atoms with Crippen LogP contribution in [-0.4, -0.2) is 0 Å². The number of hydrogen-bond donors (Lipinski definition) is 0. The summed E-state index contributed by atoms with van der Waals surface area (Å²) in [5.74, 6) is 0. The molecule has 196 valence electrons. The molecule has 0 fully saturated rings. The highest BCUT2D eigenvalue weighted by Crippen LogP contribution is 2.40. The molecule has 1 aromatic heterocycles. The van der Waals surface area contributed by atoms with Crippen LogP contribution in [0.1, 0.15) is 0 Å². The standard InChI is InChI=1S/C40H25NO/c1-2-9-30(10-3-1)41(31-20-21-34-28(22-31)16-14-26-8-4-5-11-33(26)34)32-19-18-27-15-17-29-23-38-35-12-6-7-13-39(35)42-40(38)25-37(29)36(27)24-32/h1-25H. The molecule has 0 aliphatic heterocycles. The second kappa shape index (κ2) is 8.95. The Morgan fingerprint density at radius 3 is 1.79 bits per heavy atom. The minimum absolute atomic E-state index is 0.920. The summed E-state index contributed by atoms with van der Waals surface area (Å²) in [6.45, 7) is 0. The summed E-state index contributed by atoms with van der Waals surface area (Å²) in [5, 5.41) is 12.2. The number of nitrogens with zero attached hydrogens (tertiary/aromatic N) is 1. The van der Waals surface area contributed by atoms with E-state index in [0.29, 0.717) is 0 Å². The van der Waals surface area contributed by atoms with Gasteiger partial charge in [0.2, 0.25) is 0 Å². The van der Waals surface area contributed by atoms with Crippen molar-refractivity contribution in [3.63, 3.8) is 0 Å². The summed E-state index contributed by atoms with van der Waals surface area (Å²) >= 11 is 0. The van der Waals surface area contributed by atoms with Crippen molar-refractivity contribution < 1.29 is 4.42 Å². The second-order valence-corrected chi connectivity index (χ2v) is 11.0. The molecule has 0 amide bonds. The van der Waals surface area contributed by atoms with Crippen LogP contribution in [0.3, 0.4) is 0 Å². The van der Waals surface area contributed by atoms with Crippen LogP contribution in [0.5, 0.6) is 0 Å². The van der Waals surface area contributed by atoms with Gasteiger partial charge in [0.1, 0.15) is 11.2 Å². The largest absolute Gasteiger partial charge is 0.456 e. The highest BCUT2D eigenvalue weighted by Gasteiger charge is 2.16. The number of benzene rings is 8. The van der Waals surface area contributed by atoms with E-state index in [2.05, 4.69) is 144 Å². The number of anilines is 3. The molecule has 0 aliphatic carbocycles. The van der Waals surface area contributed by atoms with Crippen molar-refractivity contribution in [2.45, 2.75) is 0 Å². The Hall–Kier alpha value is -5.60. The van der Waals surface area contributed by atoms with Gasteiger partial charge in [-0.2, -0.15) is 0 Å². The van der Waals surface area contributed by atoms with Crippen molar-refractivity contribution in [2.75, 3.05) is 4.90 Å². The van der Waals surface area contributed by atoms with Gasteiger partial charge in [0.15, 0.2) is 0 Å². The van der Waals surface area contributed by atoms with Gasteiger partial charge in [-0.25, -0.2) is 0 Å². The Balaban J connectivity index is 1.27. The fraction of sp³-hybridized carbons (Fsp3) is 0. The van der Waals surface area contributed by atoms with E-state index in [0.717, 1.165) is 39.0 Å². The molecule has 2 heteroatoms. The molecule has 2 nitrogen and oxygen atoms in total. The van der Waals surface area contributed by atoms with Gasteiger partial charge in [0.05, 0.1) is 0 Å². The summed E-state index contributed by atoms with van der Waals surface area (Å²) in [6, 6.07) is 54.5. The zero-order valence-corrected chi connectivity index (χ0v) is 22.8. The van der Waals surface area contributed by atoms with Crippen LogP contribution < -0.4 is 4.90 Å². The Morgan fingerprint density at radius 2 is 0.905 bits per heavy atom. The molecule has 9 rings (SSSR count). The van der Waals surface area contributed by atoms with E-state index in [1.54, 1.807) is 0 Å². The van der Waals surface area contributed by atoms with E-state index in [-0.39, 0.29) is 0 Å². The van der Waals surface area contributed by atoms with Gasteiger partial charge in [-0.05, 0) is 97.7 Å². The maximum Gasteiger partial charge on any atom is 0.136 e. The zero-order valence-electron chi connectivity index (χ0n) is 22.8. The number of fused-ring (bicyclic) bond motifs is 9. The van der Waals surface area contributed by atoms with E-state index in [1.807, 2.05) is 12.1 Å². The first kappa shape index (κ1) is 23.1. The van der Waals surface area contributed by atoms with Gasteiger partial charge in [-0.3, -0.25) is 0 Å². The lowest BCUT2D eigenvalue weighted by Crippen LogP contribution is -2.09. The molecule has 0 radical (unpaired) electrons. The number of hydrogen-bond acceptors (Lipinski definition) is 2. The molecule has 0 aliphatic rings. The topological polar surface area (TPSA) is 16.4 Å². The third kappa shape index (κ3) is 3.52. The normalized spacial score (nSPS) is 11.8. The molecule has 0 saturated carbocycles. The van der Waals surface area contributed by atoms with E-state index >= 15 is 0 Å². The van der Waals surface area contributed by atoms with Crippen LogP contribution >= 0.6 is 0 Å². The second-order valence-electron chi connectivity index (χ2n) is 11.0. The Bertz CT molecular complexity index is 2470. The molecule has 9 aromatic rings. The first-order valence-electron chi connectivity index (χ1n) is 14.3. The maximum atomic E-state index is 6.29. The molecule has 0 saturated heterocycles. The minimum Gasteiger partial charge on any atom is -0.456 e. The van der Waals surface area contributed by atoms with E-state index in [4.69, 9.17) is 4.42 Å². The number of furan rings is 1. The van der Waals surface area contributed by atoms with Crippen LogP contribution in [0.2, 0.25) is 0 Å². The Morgan fingerprint density at radius 1 is 0.310 bits per heavy atom. The third-order valence-corrected chi connectivity index (χ3v) is 8.58. The predicted octanol–water partition coefficient (Wildman–Crippen LogP) is 11.7. The number of para-hydroxylation sites is 2. The van der Waals surface area contributed by atoms with Crippen molar-refractivity contribution in [3.8, 4) is 0 Å². The van der Waals surface area contributed by atoms with Gasteiger partial charge in [-0.1, -0.05) is 97.1 Å². The summed E-state index contributed by atoms with van der Waals surface area (Å²) in [5.41, 5.74) is 5.21. The average Bonchev–Trinajstić information content (AvgIpc) is 3.42. The highest BCUT2D eigenvalue weighted by molar-refractivity contribution is 6.16. The third-order valence-electron chi connectivity index (χ3n) is 8.58. The molecular weight excluding hydrogens is 510 g/mol. The molecule has 1 heterocycles. The fourth-order valence-electron chi connectivity index (χ4n) is 6.56. The summed E-state index contributed by atoms with van der Waals surface area (Å²) in [6.07, 6.45) is 0. The molecule has 0 N–H and O–H groups in total. The van der Waals surface area contributed by atoms with E-state index in [1.165, 1.54) is 43.1 Å². The molecule has 0 bridgehead atoms. The van der Waals surface area contributed by atoms with Crippen molar-refractivity contribution in [1.29, 1.82) is 0 Å². The highest BCUT2D eigenvalue weighted by atomic mass is 16.3. The Kier molecular flexibility index (Phi) is 4.93. The van der Waals surface area contributed by atoms with Crippen LogP contribution in [-0.2, 0) is 0 Å². The van der Waals surface area contributed by atoms with Crippen molar-refractivity contribution in [3.05, 3.63) is 152 Å². The van der Waals surface area contributed by atoms with Gasteiger partial charge in [-0.15, -0.1) is 0 Å². The van der Waals surface area contributed by atoms with E-state index < -0.39 is 0 Å². The average molecular weight is 536 g/mol. The summed E-state index contributed by atoms with van der Waals surface area (Å²) < 4.78 is 6.29. The molecular formula is C40H25NO. The minimum atomic E-state index is 0.920. The summed E-state index contributed by atoms with van der Waals surface area (Å²) in [4.78, 5) is 2.35. The SMILES string of the molecule is c1ccc(N(c2ccc3c(ccc4ccccc43)c2)c2ccc3ccc4cc5c(cc4c3c2)oc2ccccc25)cc1. The molecule has 0 unspecified atom stereocenters. The van der Waals surface area contributed by atoms with E-state index in [9.17, 15) is 0 Å². The monoisotopic (exact) mass is 535 g/mol. The van der Waals surface area contributed by atoms with Crippen molar-refractivity contribution in [1.82, 2.24) is 0 Å². The molecule has 0 atom stereocenters. The first-order chi connectivity index (χ1) is 20.8. The summed E-state index contributed by atoms with van der Waals surface area (Å²) in [7, 11) is 0.